The zero-order chi connectivity index (χ0) is 16.8. The number of halogens is 2. The lowest BCUT2D eigenvalue weighted by molar-refractivity contribution is -0.135. The molecule has 0 spiro atoms. The number of fused-ring (bicyclic) bond motifs is 1. The number of rotatable bonds is 6. The topological polar surface area (TPSA) is 82.7 Å². The van der Waals surface area contributed by atoms with E-state index in [-0.39, 0.29) is 48.6 Å². The Morgan fingerprint density at radius 1 is 1.15 bits per heavy atom. The van der Waals surface area contributed by atoms with Crippen molar-refractivity contribution in [3.63, 3.8) is 0 Å². The molecule has 2 saturated heterocycles. The highest BCUT2D eigenvalue weighted by molar-refractivity contribution is 5.88. The van der Waals surface area contributed by atoms with E-state index in [1.165, 1.54) is 6.42 Å². The minimum absolute atomic E-state index is 0. The van der Waals surface area contributed by atoms with E-state index in [9.17, 15) is 9.59 Å². The Kier molecular flexibility index (Phi) is 10.2. The highest BCUT2D eigenvalue weighted by Crippen LogP contribution is 2.43. The molecular formula is C17H32Cl2N4O3. The second kappa shape index (κ2) is 11.3. The largest absolute Gasteiger partial charge is 0.379 e. The maximum absolute atomic E-state index is 12.7. The monoisotopic (exact) mass is 410 g/mol. The summed E-state index contributed by atoms with van der Waals surface area (Å²) in [6.07, 6.45) is 4.38. The average Bonchev–Trinajstić information content (AvgIpc) is 3.06. The van der Waals surface area contributed by atoms with E-state index < -0.39 is 0 Å². The molecule has 3 aliphatic rings. The molecule has 9 heteroatoms. The van der Waals surface area contributed by atoms with E-state index in [0.717, 1.165) is 65.2 Å². The van der Waals surface area contributed by atoms with Crippen molar-refractivity contribution in [2.75, 3.05) is 59.0 Å². The molecule has 2 aliphatic heterocycles. The van der Waals surface area contributed by atoms with Crippen molar-refractivity contribution in [3.05, 3.63) is 0 Å². The standard InChI is InChI=1S/C17H30N4O3.2ClH/c22-15(19-5-6-21-7-9-24-10-8-21)12-20-16(23)17-4-2-1-3-14(17)11-18-13-17;;/h14,18H,1-13H2,(H,19,22)(H,20,23);2*1H/t14-,17+;;/m0../s1. The van der Waals surface area contributed by atoms with Gasteiger partial charge in [-0.25, -0.2) is 0 Å². The van der Waals surface area contributed by atoms with Crippen molar-refractivity contribution in [3.8, 4) is 0 Å². The first kappa shape index (κ1) is 23.4. The van der Waals surface area contributed by atoms with Gasteiger partial charge < -0.3 is 20.7 Å². The molecule has 1 aliphatic carbocycles. The molecule has 3 rings (SSSR count). The molecule has 1 saturated carbocycles. The van der Waals surface area contributed by atoms with E-state index >= 15 is 0 Å². The van der Waals surface area contributed by atoms with Crippen LogP contribution in [0.15, 0.2) is 0 Å². The van der Waals surface area contributed by atoms with Gasteiger partial charge in [-0.15, -0.1) is 24.8 Å². The van der Waals surface area contributed by atoms with Gasteiger partial charge in [0.15, 0.2) is 0 Å². The van der Waals surface area contributed by atoms with Crippen LogP contribution in [-0.4, -0.2) is 75.7 Å². The van der Waals surface area contributed by atoms with Crippen LogP contribution in [0.3, 0.4) is 0 Å². The van der Waals surface area contributed by atoms with Crippen LogP contribution >= 0.6 is 24.8 Å². The number of ether oxygens (including phenoxy) is 1. The smallest absolute Gasteiger partial charge is 0.239 e. The number of amides is 2. The fourth-order valence-corrected chi connectivity index (χ4v) is 4.27. The Hall–Kier alpha value is -0.600. The Balaban J connectivity index is 0.00000169. The van der Waals surface area contributed by atoms with Crippen LogP contribution in [0.1, 0.15) is 25.7 Å². The first-order valence-corrected chi connectivity index (χ1v) is 9.26. The first-order valence-electron chi connectivity index (χ1n) is 9.26. The lowest BCUT2D eigenvalue weighted by atomic mass is 9.67. The first-order chi connectivity index (χ1) is 11.7. The minimum atomic E-state index is -0.285. The Morgan fingerprint density at radius 2 is 1.92 bits per heavy atom. The lowest BCUT2D eigenvalue weighted by Gasteiger charge is -2.37. The average molecular weight is 411 g/mol. The predicted molar refractivity (Wildman–Crippen MR) is 105 cm³/mol. The van der Waals surface area contributed by atoms with Crippen LogP contribution in [0.2, 0.25) is 0 Å². The van der Waals surface area contributed by atoms with Crippen molar-refractivity contribution in [1.29, 1.82) is 0 Å². The number of hydrogen-bond donors (Lipinski definition) is 3. The molecule has 0 aromatic rings. The summed E-state index contributed by atoms with van der Waals surface area (Å²) >= 11 is 0. The zero-order valence-corrected chi connectivity index (χ0v) is 16.9. The second-order valence-electron chi connectivity index (χ2n) is 7.22. The normalized spacial score (nSPS) is 28.2. The SMILES string of the molecule is Cl.Cl.O=C(CNC(=O)[C@@]12CCCC[C@H]1CNC2)NCCN1CCOCC1. The molecular weight excluding hydrogens is 379 g/mol. The number of carbonyl (C=O) groups is 2. The molecule has 2 amide bonds. The Labute approximate surface area is 168 Å². The van der Waals surface area contributed by atoms with Crippen molar-refractivity contribution < 1.29 is 14.3 Å². The Bertz CT molecular complexity index is 463. The number of nitrogens with one attached hydrogen (secondary N) is 3. The van der Waals surface area contributed by atoms with Gasteiger partial charge in [-0.2, -0.15) is 0 Å². The molecule has 0 unspecified atom stereocenters. The zero-order valence-electron chi connectivity index (χ0n) is 15.3. The fourth-order valence-electron chi connectivity index (χ4n) is 4.27. The predicted octanol–water partition coefficient (Wildman–Crippen LogP) is 0.174. The van der Waals surface area contributed by atoms with Gasteiger partial charge in [0.05, 0.1) is 25.2 Å². The van der Waals surface area contributed by atoms with Crippen molar-refractivity contribution in [2.24, 2.45) is 11.3 Å². The van der Waals surface area contributed by atoms with E-state index in [2.05, 4.69) is 20.9 Å². The van der Waals surface area contributed by atoms with Gasteiger partial charge in [0, 0.05) is 32.7 Å². The van der Waals surface area contributed by atoms with Gasteiger partial charge in [0.25, 0.3) is 0 Å². The molecule has 3 fully saturated rings. The van der Waals surface area contributed by atoms with Crippen LogP contribution in [-0.2, 0) is 14.3 Å². The van der Waals surface area contributed by atoms with Gasteiger partial charge in [-0.3, -0.25) is 14.5 Å². The molecule has 0 aromatic heterocycles. The molecule has 26 heavy (non-hydrogen) atoms. The van der Waals surface area contributed by atoms with E-state index in [4.69, 9.17) is 4.74 Å². The number of carbonyl (C=O) groups excluding carboxylic acids is 2. The van der Waals surface area contributed by atoms with E-state index in [1.54, 1.807) is 0 Å². The summed E-state index contributed by atoms with van der Waals surface area (Å²) in [5, 5.41) is 9.14. The molecule has 7 nitrogen and oxygen atoms in total. The summed E-state index contributed by atoms with van der Waals surface area (Å²) < 4.78 is 5.30. The van der Waals surface area contributed by atoms with Crippen LogP contribution < -0.4 is 16.0 Å². The number of nitrogens with zero attached hydrogens (tertiary/aromatic N) is 1. The minimum Gasteiger partial charge on any atom is -0.379 e. The fraction of sp³-hybridized carbons (Fsp3) is 0.882. The molecule has 0 aromatic carbocycles. The van der Waals surface area contributed by atoms with E-state index in [1.807, 2.05) is 0 Å². The molecule has 2 heterocycles. The van der Waals surface area contributed by atoms with Crippen molar-refractivity contribution in [2.45, 2.75) is 25.7 Å². The summed E-state index contributed by atoms with van der Waals surface area (Å²) in [6.45, 7) is 6.58. The molecule has 3 N–H and O–H groups in total. The summed E-state index contributed by atoms with van der Waals surface area (Å²) in [7, 11) is 0. The molecule has 0 bridgehead atoms. The number of hydrogen-bond acceptors (Lipinski definition) is 5. The third-order valence-corrected chi connectivity index (χ3v) is 5.75. The van der Waals surface area contributed by atoms with Crippen LogP contribution in [0.4, 0.5) is 0 Å². The highest BCUT2D eigenvalue weighted by atomic mass is 35.5. The van der Waals surface area contributed by atoms with Crippen LogP contribution in [0.25, 0.3) is 0 Å². The summed E-state index contributed by atoms with van der Waals surface area (Å²) in [5.74, 6) is 0.377. The quantitative estimate of drug-likeness (QED) is 0.581. The van der Waals surface area contributed by atoms with Crippen LogP contribution in [0, 0.1) is 11.3 Å². The maximum atomic E-state index is 12.7. The van der Waals surface area contributed by atoms with E-state index in [0.29, 0.717) is 12.5 Å². The molecule has 2 atom stereocenters. The number of morpholine rings is 1. The third kappa shape index (κ3) is 5.70. The Morgan fingerprint density at radius 3 is 2.69 bits per heavy atom. The second-order valence-corrected chi connectivity index (χ2v) is 7.22. The molecule has 152 valence electrons. The van der Waals surface area contributed by atoms with Crippen molar-refractivity contribution >= 4 is 36.6 Å². The van der Waals surface area contributed by atoms with Gasteiger partial charge in [0.1, 0.15) is 0 Å². The molecule has 0 radical (unpaired) electrons. The summed E-state index contributed by atoms with van der Waals surface area (Å²) in [5.41, 5.74) is -0.285. The third-order valence-electron chi connectivity index (χ3n) is 5.75. The van der Waals surface area contributed by atoms with Gasteiger partial charge in [-0.05, 0) is 25.3 Å². The lowest BCUT2D eigenvalue weighted by Crippen LogP contribution is -2.50. The summed E-state index contributed by atoms with van der Waals surface area (Å²) in [6, 6.07) is 0. The summed E-state index contributed by atoms with van der Waals surface area (Å²) in [4.78, 5) is 26.9. The van der Waals surface area contributed by atoms with Crippen LogP contribution in [0.5, 0.6) is 0 Å². The highest BCUT2D eigenvalue weighted by Gasteiger charge is 2.49. The van der Waals surface area contributed by atoms with Crippen molar-refractivity contribution in [1.82, 2.24) is 20.9 Å². The van der Waals surface area contributed by atoms with Gasteiger partial charge >= 0.3 is 0 Å². The van der Waals surface area contributed by atoms with Gasteiger partial charge in [0.2, 0.25) is 11.8 Å². The maximum Gasteiger partial charge on any atom is 0.239 e. The van der Waals surface area contributed by atoms with Gasteiger partial charge in [-0.1, -0.05) is 12.8 Å².